The van der Waals surface area contributed by atoms with E-state index in [2.05, 4.69) is 22.5 Å². The number of nitrogens with zero attached hydrogens (tertiary/aromatic N) is 2. The van der Waals surface area contributed by atoms with Crippen molar-refractivity contribution in [2.45, 2.75) is 19.9 Å². The number of benzene rings is 3. The van der Waals surface area contributed by atoms with Gasteiger partial charge in [0.25, 0.3) is 5.91 Å². The number of carbonyl (C=O) groups is 2. The van der Waals surface area contributed by atoms with Crippen LogP contribution < -0.4 is 10.6 Å². The van der Waals surface area contributed by atoms with Gasteiger partial charge in [-0.25, -0.2) is 4.99 Å². The lowest BCUT2D eigenvalue weighted by atomic mass is 10.1. The second-order valence-electron chi connectivity index (χ2n) is 8.15. The van der Waals surface area contributed by atoms with E-state index in [0.29, 0.717) is 10.1 Å². The van der Waals surface area contributed by atoms with Crippen LogP contribution in [0.2, 0.25) is 0 Å². The predicted octanol–water partition coefficient (Wildman–Crippen LogP) is 5.73. The van der Waals surface area contributed by atoms with Crippen LogP contribution in [0.3, 0.4) is 0 Å². The summed E-state index contributed by atoms with van der Waals surface area (Å²) in [4.78, 5) is 30.4. The quantitative estimate of drug-likeness (QED) is 0.346. The predicted molar refractivity (Wildman–Crippen MR) is 144 cm³/mol. The molecule has 0 bridgehead atoms. The van der Waals surface area contributed by atoms with Gasteiger partial charge in [0.15, 0.2) is 5.17 Å². The molecule has 4 aromatic rings. The van der Waals surface area contributed by atoms with E-state index in [-0.39, 0.29) is 18.4 Å². The number of para-hydroxylation sites is 2. The number of aliphatic imine (C=N–C) groups is 1. The van der Waals surface area contributed by atoms with Gasteiger partial charge < -0.3 is 15.2 Å². The number of aryl methyl sites for hydroxylation is 1. The van der Waals surface area contributed by atoms with Crippen LogP contribution in [0, 0.1) is 0 Å². The van der Waals surface area contributed by atoms with Crippen LogP contribution in [0.15, 0.2) is 95.0 Å². The maximum Gasteiger partial charge on any atom is 0.264 e. The van der Waals surface area contributed by atoms with Crippen LogP contribution in [0.5, 0.6) is 0 Å². The maximum atomic E-state index is 12.7. The van der Waals surface area contributed by atoms with Gasteiger partial charge in [0.1, 0.15) is 6.54 Å². The Morgan fingerprint density at radius 2 is 1.77 bits per heavy atom. The average Bonchev–Trinajstić information content (AvgIpc) is 3.39. The van der Waals surface area contributed by atoms with Gasteiger partial charge in [-0.05, 0) is 60.2 Å². The van der Waals surface area contributed by atoms with E-state index in [4.69, 9.17) is 0 Å². The highest BCUT2D eigenvalue weighted by Crippen LogP contribution is 2.31. The number of amidine groups is 1. The second-order valence-corrected chi connectivity index (χ2v) is 9.18. The molecular formula is C28H24N4O2S. The first kappa shape index (κ1) is 22.7. The topological polar surface area (TPSA) is 75.5 Å². The van der Waals surface area contributed by atoms with Gasteiger partial charge in [-0.3, -0.25) is 9.59 Å². The summed E-state index contributed by atoms with van der Waals surface area (Å²) in [7, 11) is 0. The Bertz CT molecular complexity index is 1450. The molecule has 35 heavy (non-hydrogen) atoms. The molecule has 174 valence electrons. The highest BCUT2D eigenvalue weighted by Gasteiger charge is 2.24. The number of nitrogens with one attached hydrogen (secondary N) is 2. The van der Waals surface area contributed by atoms with E-state index in [1.807, 2.05) is 95.7 Å². The largest absolute Gasteiger partial charge is 0.337 e. The number of aromatic nitrogens is 1. The van der Waals surface area contributed by atoms with Crippen LogP contribution in [0.1, 0.15) is 18.1 Å². The van der Waals surface area contributed by atoms with Crippen LogP contribution in [-0.4, -0.2) is 21.5 Å². The number of hydrogen-bond donors (Lipinski definition) is 2. The molecule has 6 nitrogen and oxygen atoms in total. The minimum Gasteiger partial charge on any atom is -0.337 e. The fourth-order valence-corrected chi connectivity index (χ4v) is 4.78. The Hall–Kier alpha value is -4.10. The molecule has 0 unspecified atom stereocenters. The monoisotopic (exact) mass is 480 g/mol. The third-order valence-corrected chi connectivity index (χ3v) is 6.61. The van der Waals surface area contributed by atoms with Gasteiger partial charge >= 0.3 is 0 Å². The van der Waals surface area contributed by atoms with Crippen molar-refractivity contribution in [3.8, 4) is 0 Å². The molecule has 2 N–H and O–H groups in total. The molecule has 7 heteroatoms. The summed E-state index contributed by atoms with van der Waals surface area (Å²) in [5.74, 6) is -0.301. The van der Waals surface area contributed by atoms with E-state index < -0.39 is 0 Å². The number of rotatable bonds is 6. The van der Waals surface area contributed by atoms with E-state index in [9.17, 15) is 9.59 Å². The molecule has 0 atom stereocenters. The lowest BCUT2D eigenvalue weighted by molar-refractivity contribution is -0.117. The van der Waals surface area contributed by atoms with E-state index >= 15 is 0 Å². The zero-order valence-corrected chi connectivity index (χ0v) is 20.0. The molecule has 2 amide bonds. The Morgan fingerprint density at radius 3 is 2.54 bits per heavy atom. The van der Waals surface area contributed by atoms with Gasteiger partial charge in [0.2, 0.25) is 5.91 Å². The smallest absolute Gasteiger partial charge is 0.264 e. The van der Waals surface area contributed by atoms with Crippen molar-refractivity contribution >= 4 is 57.1 Å². The highest BCUT2D eigenvalue weighted by molar-refractivity contribution is 8.18. The first-order chi connectivity index (χ1) is 17.1. The average molecular weight is 481 g/mol. The lowest BCUT2D eigenvalue weighted by Gasteiger charge is -2.07. The lowest BCUT2D eigenvalue weighted by Crippen LogP contribution is -2.19. The van der Waals surface area contributed by atoms with Gasteiger partial charge in [-0.1, -0.05) is 55.5 Å². The zero-order valence-electron chi connectivity index (χ0n) is 19.2. The number of carbonyl (C=O) groups excluding carboxylic acids is 2. The van der Waals surface area contributed by atoms with Crippen molar-refractivity contribution in [2.24, 2.45) is 4.99 Å². The third-order valence-electron chi connectivity index (χ3n) is 5.70. The molecule has 0 radical (unpaired) electrons. The molecule has 1 aliphatic rings. The summed E-state index contributed by atoms with van der Waals surface area (Å²) in [5, 5.41) is 7.30. The molecule has 0 aliphatic carbocycles. The molecule has 1 aliphatic heterocycles. The minimum atomic E-state index is -0.183. The maximum absolute atomic E-state index is 12.7. The van der Waals surface area contributed by atoms with E-state index in [0.717, 1.165) is 34.3 Å². The van der Waals surface area contributed by atoms with Crippen molar-refractivity contribution in [3.05, 3.63) is 101 Å². The van der Waals surface area contributed by atoms with Crippen molar-refractivity contribution < 1.29 is 9.59 Å². The normalized spacial score (nSPS) is 15.6. The summed E-state index contributed by atoms with van der Waals surface area (Å²) in [5.41, 5.74) is 4.60. The van der Waals surface area contributed by atoms with Crippen LogP contribution in [0.25, 0.3) is 17.0 Å². The van der Waals surface area contributed by atoms with Gasteiger partial charge in [-0.2, -0.15) is 0 Å². The molecule has 2 heterocycles. The third kappa shape index (κ3) is 5.20. The SMILES string of the molecule is CCc1ccc(N=C2NC(=O)/C(=C\c3cn(CC(=O)Nc4ccccc4)c4ccccc34)S2)cc1. The number of fused-ring (bicyclic) bond motifs is 1. The fourth-order valence-electron chi connectivity index (χ4n) is 3.94. The number of thioether (sulfide) groups is 1. The summed E-state index contributed by atoms with van der Waals surface area (Å²) in [6.45, 7) is 2.27. The molecule has 1 saturated heterocycles. The molecule has 5 rings (SSSR count). The van der Waals surface area contributed by atoms with Gasteiger partial charge in [0, 0.05) is 28.4 Å². The molecule has 0 spiro atoms. The van der Waals surface area contributed by atoms with Crippen molar-refractivity contribution in [1.29, 1.82) is 0 Å². The highest BCUT2D eigenvalue weighted by atomic mass is 32.2. The molecule has 3 aromatic carbocycles. The zero-order chi connectivity index (χ0) is 24.2. The van der Waals surface area contributed by atoms with Gasteiger partial charge in [0.05, 0.1) is 10.6 Å². The van der Waals surface area contributed by atoms with E-state index in [1.54, 1.807) is 0 Å². The van der Waals surface area contributed by atoms with Crippen LogP contribution >= 0.6 is 11.8 Å². The number of amides is 2. The van der Waals surface area contributed by atoms with Crippen molar-refractivity contribution in [2.75, 3.05) is 5.32 Å². The Labute approximate surface area is 207 Å². The summed E-state index contributed by atoms with van der Waals surface area (Å²) < 4.78 is 1.90. The Morgan fingerprint density at radius 1 is 1.03 bits per heavy atom. The Balaban J connectivity index is 1.38. The number of anilines is 1. The minimum absolute atomic E-state index is 0.118. The molecule has 1 aromatic heterocycles. The molecule has 0 saturated carbocycles. The van der Waals surface area contributed by atoms with Crippen LogP contribution in [0.4, 0.5) is 11.4 Å². The number of hydrogen-bond acceptors (Lipinski definition) is 4. The Kier molecular flexibility index (Phi) is 6.50. The van der Waals surface area contributed by atoms with E-state index in [1.165, 1.54) is 17.3 Å². The molecule has 1 fully saturated rings. The summed E-state index contributed by atoms with van der Waals surface area (Å²) >= 11 is 1.31. The van der Waals surface area contributed by atoms with Crippen molar-refractivity contribution in [1.82, 2.24) is 9.88 Å². The fraction of sp³-hybridized carbons (Fsp3) is 0.107. The van der Waals surface area contributed by atoms with Gasteiger partial charge in [-0.15, -0.1) is 0 Å². The summed E-state index contributed by atoms with van der Waals surface area (Å²) in [6.07, 6.45) is 4.74. The van der Waals surface area contributed by atoms with Crippen molar-refractivity contribution in [3.63, 3.8) is 0 Å². The second kappa shape index (κ2) is 10.0. The standard InChI is InChI=1S/C28H24N4O2S/c1-2-19-12-14-22(15-13-19)30-28-31-27(34)25(35-28)16-20-17-32(24-11-7-6-10-23(20)24)18-26(33)29-21-8-4-3-5-9-21/h3-17H,2,18H2,1H3,(H,29,33)(H,30,31,34)/b25-16+. The van der Waals surface area contributed by atoms with Crippen LogP contribution in [-0.2, 0) is 22.6 Å². The molecular weight excluding hydrogens is 456 g/mol. The summed E-state index contributed by atoms with van der Waals surface area (Å²) in [6, 6.07) is 25.2. The first-order valence-electron chi connectivity index (χ1n) is 11.4. The first-order valence-corrected chi connectivity index (χ1v) is 12.2.